The summed E-state index contributed by atoms with van der Waals surface area (Å²) in [7, 11) is 7.78. The number of carbonyl (C=O) groups is 1. The molecule has 0 aliphatic carbocycles. The van der Waals surface area contributed by atoms with Crippen LogP contribution in [0.2, 0.25) is 0 Å². The Hall–Kier alpha value is -6.10. The van der Waals surface area contributed by atoms with Gasteiger partial charge < -0.3 is 48.1 Å². The van der Waals surface area contributed by atoms with Gasteiger partial charge in [0.25, 0.3) is 0 Å². The quantitative estimate of drug-likeness (QED) is 0.0781. The summed E-state index contributed by atoms with van der Waals surface area (Å²) >= 11 is 0. The number of halogens is 2. The van der Waals surface area contributed by atoms with Gasteiger partial charge in [-0.1, -0.05) is 25.5 Å². The Bertz CT molecular complexity index is 2160. The van der Waals surface area contributed by atoms with Crippen LogP contribution in [0.25, 0.3) is 5.65 Å². The first-order valence-corrected chi connectivity index (χ1v) is 19.9. The van der Waals surface area contributed by atoms with Crippen LogP contribution in [0.3, 0.4) is 0 Å². The molecule has 17 heteroatoms. The van der Waals surface area contributed by atoms with Crippen LogP contribution in [0.15, 0.2) is 54.7 Å². The number of methoxy groups -OCH3 is 4. The summed E-state index contributed by atoms with van der Waals surface area (Å²) in [5.74, 6) is 0.239. The summed E-state index contributed by atoms with van der Waals surface area (Å²) in [5, 5.41) is 14.6. The maximum atomic E-state index is 15.5. The fourth-order valence-corrected chi connectivity index (χ4v) is 6.54. The van der Waals surface area contributed by atoms with Crippen molar-refractivity contribution in [1.82, 2.24) is 24.5 Å². The molecular formula is C44H56F2N6O9. The molecule has 0 bridgehead atoms. The Morgan fingerprint density at radius 1 is 0.852 bits per heavy atom. The number of amides is 1. The third-order valence-corrected chi connectivity index (χ3v) is 9.49. The molecule has 0 saturated carbocycles. The Morgan fingerprint density at radius 2 is 1.44 bits per heavy atom. The Morgan fingerprint density at radius 3 is 1.97 bits per heavy atom. The number of benzene rings is 3. The topological polar surface area (TPSA) is 151 Å². The number of rotatable bonds is 21. The molecule has 2 heterocycles. The highest BCUT2D eigenvalue weighted by Gasteiger charge is 2.25. The van der Waals surface area contributed by atoms with Gasteiger partial charge in [-0.25, -0.2) is 23.1 Å². The Kier molecular flexibility index (Phi) is 15.8. The number of ether oxygens (including phenoxy) is 7. The average Bonchev–Trinajstić information content (AvgIpc) is 3.62. The maximum Gasteiger partial charge on any atom is 0.410 e. The number of carbonyl (C=O) groups excluding carboxylic acids is 1. The minimum atomic E-state index is -0.912. The van der Waals surface area contributed by atoms with Crippen LogP contribution in [-0.4, -0.2) is 103 Å². The summed E-state index contributed by atoms with van der Waals surface area (Å²) < 4.78 is 71.9. The number of aliphatic hydroxyl groups is 1. The fraction of sp³-hybridized carbons (Fsp3) is 0.455. The van der Waals surface area contributed by atoms with Gasteiger partial charge in [0.05, 0.1) is 46.9 Å². The van der Waals surface area contributed by atoms with E-state index in [1.807, 2.05) is 48.2 Å². The lowest BCUT2D eigenvalue weighted by Gasteiger charge is -2.26. The van der Waals surface area contributed by atoms with Crippen LogP contribution < -0.4 is 33.3 Å². The number of hydrogen-bond acceptors (Lipinski definition) is 13. The second-order valence-corrected chi connectivity index (χ2v) is 15.3. The van der Waals surface area contributed by atoms with Gasteiger partial charge in [-0.2, -0.15) is 4.98 Å². The van der Waals surface area contributed by atoms with Gasteiger partial charge >= 0.3 is 12.1 Å². The van der Waals surface area contributed by atoms with E-state index in [4.69, 9.17) is 48.2 Å². The zero-order chi connectivity index (χ0) is 44.3. The largest absolute Gasteiger partial charge is 0.493 e. The highest BCUT2D eigenvalue weighted by atomic mass is 19.1. The first-order valence-electron chi connectivity index (χ1n) is 19.9. The molecule has 0 unspecified atom stereocenters. The van der Waals surface area contributed by atoms with Gasteiger partial charge in [0.15, 0.2) is 51.8 Å². The third kappa shape index (κ3) is 12.0. The Balaban J connectivity index is 1.54. The minimum absolute atomic E-state index is 0.0208. The number of likely N-dealkylation sites (N-methyl/N-ethyl adjacent to an activating group) is 1. The van der Waals surface area contributed by atoms with Crippen molar-refractivity contribution in [2.24, 2.45) is 0 Å². The molecule has 5 rings (SSSR count). The molecule has 5 aromatic rings. The summed E-state index contributed by atoms with van der Waals surface area (Å²) in [5.41, 5.74) is 2.15. The predicted octanol–water partition coefficient (Wildman–Crippen LogP) is 7.41. The molecule has 2 aromatic heterocycles. The number of anilines is 1. The molecule has 3 aromatic carbocycles. The minimum Gasteiger partial charge on any atom is -0.493 e. The van der Waals surface area contributed by atoms with Crippen molar-refractivity contribution in [3.05, 3.63) is 88.7 Å². The molecule has 330 valence electrons. The third-order valence-electron chi connectivity index (χ3n) is 9.49. The van der Waals surface area contributed by atoms with Crippen molar-refractivity contribution in [3.8, 4) is 34.8 Å². The SMILES string of the molecule is CCC[C@H](CCO)Oc1nc(N(Cc2ccc(OC)c(OC)c2)Cc2ccc(OC)c(OC)c2)c2ncc(Cc3cc(F)c(OCCN(C)C(=O)OC(C)(C)C)c(F)c3)n2n1. The van der Waals surface area contributed by atoms with E-state index >= 15 is 8.78 Å². The van der Waals surface area contributed by atoms with E-state index in [1.165, 1.54) is 24.1 Å². The van der Waals surface area contributed by atoms with Crippen molar-refractivity contribution in [2.75, 3.05) is 60.1 Å². The lowest BCUT2D eigenvalue weighted by molar-refractivity contribution is 0.0277. The van der Waals surface area contributed by atoms with Crippen molar-refractivity contribution in [2.45, 2.75) is 78.2 Å². The number of aromatic nitrogens is 4. The number of imidazole rings is 1. The number of nitrogens with zero attached hydrogens (tertiary/aromatic N) is 6. The van der Waals surface area contributed by atoms with Gasteiger partial charge in [0.1, 0.15) is 18.3 Å². The fourth-order valence-electron chi connectivity index (χ4n) is 6.54. The van der Waals surface area contributed by atoms with Gasteiger partial charge in [0, 0.05) is 39.6 Å². The van der Waals surface area contributed by atoms with E-state index in [-0.39, 0.29) is 37.8 Å². The van der Waals surface area contributed by atoms with Gasteiger partial charge in [-0.3, -0.25) is 0 Å². The van der Waals surface area contributed by atoms with E-state index in [1.54, 1.807) is 59.9 Å². The van der Waals surface area contributed by atoms with Crippen molar-refractivity contribution in [1.29, 1.82) is 0 Å². The van der Waals surface area contributed by atoms with Crippen molar-refractivity contribution in [3.63, 3.8) is 0 Å². The number of hydrogen-bond donors (Lipinski definition) is 1. The molecule has 0 saturated heterocycles. The second kappa shape index (κ2) is 20.9. The summed E-state index contributed by atoms with van der Waals surface area (Å²) in [6.07, 6.45) is 2.40. The lowest BCUT2D eigenvalue weighted by atomic mass is 10.1. The highest BCUT2D eigenvalue weighted by molar-refractivity contribution is 5.68. The average molecular weight is 851 g/mol. The van der Waals surface area contributed by atoms with Gasteiger partial charge in [-0.05, 0) is 80.3 Å². The predicted molar refractivity (Wildman–Crippen MR) is 224 cm³/mol. The zero-order valence-electron chi connectivity index (χ0n) is 36.3. The van der Waals surface area contributed by atoms with Gasteiger partial charge in [-0.15, -0.1) is 5.10 Å². The van der Waals surface area contributed by atoms with Crippen LogP contribution in [0, 0.1) is 11.6 Å². The molecule has 0 spiro atoms. The molecule has 0 fully saturated rings. The summed E-state index contributed by atoms with van der Waals surface area (Å²) in [6.45, 7) is 7.63. The maximum absolute atomic E-state index is 15.5. The molecule has 1 amide bonds. The monoisotopic (exact) mass is 850 g/mol. The van der Waals surface area contributed by atoms with E-state index in [2.05, 4.69) is 0 Å². The van der Waals surface area contributed by atoms with E-state index in [0.717, 1.165) is 17.5 Å². The number of aliphatic hydroxyl groups excluding tert-OH is 1. The van der Waals surface area contributed by atoms with Crippen LogP contribution in [0.4, 0.5) is 19.4 Å². The molecule has 1 N–H and O–H groups in total. The standard InChI is InChI=1S/C44H56F2N6O9/c1-10-11-32(16-18-53)60-42-48-41(51(26-28-12-14-35(55-6)37(23-28)57-8)27-29-13-15-36(56-7)38(24-29)58-9)40-47-25-31(52(40)49-42)20-30-21-33(45)39(34(46)22-30)59-19-17-50(5)43(54)61-44(2,3)4/h12-15,21-25,32,53H,10-11,16-20,26-27H2,1-9H3/t32-/m1/s1. The van der Waals surface area contributed by atoms with Gasteiger partial charge in [0.2, 0.25) is 0 Å². The summed E-state index contributed by atoms with van der Waals surface area (Å²) in [6, 6.07) is 13.6. The lowest BCUT2D eigenvalue weighted by Crippen LogP contribution is -2.36. The van der Waals surface area contributed by atoms with E-state index < -0.39 is 35.2 Å². The first kappa shape index (κ1) is 46.0. The molecule has 0 radical (unpaired) electrons. The number of fused-ring (bicyclic) bond motifs is 1. The Labute approximate surface area is 355 Å². The highest BCUT2D eigenvalue weighted by Crippen LogP contribution is 2.33. The molecular weight excluding hydrogens is 795 g/mol. The van der Waals surface area contributed by atoms with Crippen LogP contribution in [0.1, 0.15) is 69.3 Å². The van der Waals surface area contributed by atoms with Crippen LogP contribution in [0.5, 0.6) is 34.8 Å². The zero-order valence-corrected chi connectivity index (χ0v) is 36.3. The van der Waals surface area contributed by atoms with E-state index in [0.29, 0.717) is 66.1 Å². The molecule has 15 nitrogen and oxygen atoms in total. The smallest absolute Gasteiger partial charge is 0.410 e. The van der Waals surface area contributed by atoms with Crippen molar-refractivity contribution >= 4 is 17.6 Å². The second-order valence-electron chi connectivity index (χ2n) is 15.3. The molecule has 1 atom stereocenters. The summed E-state index contributed by atoms with van der Waals surface area (Å²) in [4.78, 5) is 25.3. The van der Waals surface area contributed by atoms with Crippen molar-refractivity contribution < 1.29 is 51.8 Å². The van der Waals surface area contributed by atoms with Crippen LogP contribution >= 0.6 is 0 Å². The molecule has 61 heavy (non-hydrogen) atoms. The molecule has 0 aliphatic heterocycles. The molecule has 0 aliphatic rings. The normalized spacial score (nSPS) is 11.9. The first-order chi connectivity index (χ1) is 29.2. The van der Waals surface area contributed by atoms with E-state index in [9.17, 15) is 9.90 Å². The van der Waals surface area contributed by atoms with Crippen LogP contribution in [-0.2, 0) is 24.2 Å².